The zero-order valence-electron chi connectivity index (χ0n) is 23.1. The number of rotatable bonds is 5. The number of benzene rings is 1. The van der Waals surface area contributed by atoms with Crippen molar-refractivity contribution in [3.8, 4) is 0 Å². The molecule has 0 N–H and O–H groups in total. The number of hydrogen-bond acceptors (Lipinski definition) is 3. The Balaban J connectivity index is 1.70. The molecule has 2 fully saturated rings. The SMILES string of the molecule is C=CC1=C/C=C\CN(C2CC3(CC3)C2)C(CC(C)C)CCC(=NC)/C=C(/c2c(C)cccc2C)N=C1. The van der Waals surface area contributed by atoms with Crippen molar-refractivity contribution < 1.29 is 0 Å². The average Bonchev–Trinajstić information content (AvgIpc) is 3.62. The molecule has 1 aromatic rings. The highest BCUT2D eigenvalue weighted by Crippen LogP contribution is 2.62. The molecule has 1 aliphatic heterocycles. The molecule has 2 saturated carbocycles. The van der Waals surface area contributed by atoms with Gasteiger partial charge in [0.1, 0.15) is 0 Å². The minimum Gasteiger partial charge on any atom is -0.294 e. The maximum Gasteiger partial charge on any atom is 0.0725 e. The second-order valence-corrected chi connectivity index (χ2v) is 11.6. The topological polar surface area (TPSA) is 28.0 Å². The Morgan fingerprint density at radius 1 is 1.19 bits per heavy atom. The first-order valence-corrected chi connectivity index (χ1v) is 13.9. The van der Waals surface area contributed by atoms with Crippen molar-refractivity contribution in [2.24, 2.45) is 21.3 Å². The van der Waals surface area contributed by atoms with Crippen molar-refractivity contribution in [1.29, 1.82) is 0 Å². The first-order chi connectivity index (χ1) is 17.3. The van der Waals surface area contributed by atoms with Gasteiger partial charge in [-0.15, -0.1) is 0 Å². The van der Waals surface area contributed by atoms with Crippen LogP contribution in [0.15, 0.2) is 70.7 Å². The first-order valence-electron chi connectivity index (χ1n) is 13.9. The van der Waals surface area contributed by atoms with E-state index in [1.807, 2.05) is 19.3 Å². The van der Waals surface area contributed by atoms with Crippen LogP contribution in [0.5, 0.6) is 0 Å². The summed E-state index contributed by atoms with van der Waals surface area (Å²) in [4.78, 5) is 12.5. The van der Waals surface area contributed by atoms with E-state index in [2.05, 4.69) is 81.7 Å². The van der Waals surface area contributed by atoms with Gasteiger partial charge in [0.15, 0.2) is 0 Å². The van der Waals surface area contributed by atoms with E-state index >= 15 is 0 Å². The standard InChI is InChI=1S/C33H45N3/c1-7-27-13-8-9-18-36(30-21-33(22-30)16-17-33)29(19-24(2)3)15-14-28(34-6)20-31(35-23-27)32-25(4)11-10-12-26(32)5/h7-13,20,23-24,29-30H,1,14-19,21-22H2,2-6H3/b9-8-,27-13?,31-20-,34-28?,35-23?. The predicted molar refractivity (Wildman–Crippen MR) is 157 cm³/mol. The molecule has 0 saturated heterocycles. The minimum absolute atomic E-state index is 0.568. The van der Waals surface area contributed by atoms with E-state index < -0.39 is 0 Å². The number of nitrogens with zero attached hydrogens (tertiary/aromatic N) is 3. The Hall–Kier alpha value is -2.52. The van der Waals surface area contributed by atoms with Gasteiger partial charge in [0.25, 0.3) is 0 Å². The van der Waals surface area contributed by atoms with Crippen LogP contribution in [-0.4, -0.2) is 42.5 Å². The molecule has 0 aromatic heterocycles. The van der Waals surface area contributed by atoms with Gasteiger partial charge in [0.05, 0.1) is 5.70 Å². The number of aliphatic imine (C=N–C) groups is 2. The third-order valence-electron chi connectivity index (χ3n) is 8.37. The monoisotopic (exact) mass is 483 g/mol. The zero-order chi connectivity index (χ0) is 25.7. The number of allylic oxidation sites excluding steroid dienone is 5. The molecule has 3 heteroatoms. The molecule has 0 amide bonds. The quantitative estimate of drug-likeness (QED) is 0.418. The lowest BCUT2D eigenvalue weighted by Crippen LogP contribution is -2.51. The van der Waals surface area contributed by atoms with Crippen molar-refractivity contribution in [1.82, 2.24) is 4.90 Å². The molecule has 0 bridgehead atoms. The van der Waals surface area contributed by atoms with E-state index in [0.29, 0.717) is 17.4 Å². The fourth-order valence-electron chi connectivity index (χ4n) is 6.10. The Labute approximate surface area is 219 Å². The van der Waals surface area contributed by atoms with Gasteiger partial charge in [-0.3, -0.25) is 14.9 Å². The Kier molecular flexibility index (Phi) is 8.62. The van der Waals surface area contributed by atoms with E-state index in [4.69, 9.17) is 9.98 Å². The van der Waals surface area contributed by atoms with Crippen LogP contribution < -0.4 is 0 Å². The summed E-state index contributed by atoms with van der Waals surface area (Å²) in [6, 6.07) is 7.75. The lowest BCUT2D eigenvalue weighted by atomic mass is 9.75. The third-order valence-corrected chi connectivity index (χ3v) is 8.37. The molecule has 2 aliphatic carbocycles. The second kappa shape index (κ2) is 11.7. The summed E-state index contributed by atoms with van der Waals surface area (Å²) in [6.45, 7) is 14.1. The zero-order valence-corrected chi connectivity index (χ0v) is 23.1. The summed E-state index contributed by atoms with van der Waals surface area (Å²) in [6.07, 6.45) is 21.7. The van der Waals surface area contributed by atoms with Crippen LogP contribution in [0.2, 0.25) is 0 Å². The van der Waals surface area contributed by atoms with Gasteiger partial charge >= 0.3 is 0 Å². The number of aryl methyl sites for hydroxylation is 2. The third kappa shape index (κ3) is 6.42. The van der Waals surface area contributed by atoms with Gasteiger partial charge < -0.3 is 0 Å². The molecular formula is C33H45N3. The van der Waals surface area contributed by atoms with E-state index in [9.17, 15) is 0 Å². The largest absolute Gasteiger partial charge is 0.294 e. The van der Waals surface area contributed by atoms with E-state index in [0.717, 1.165) is 42.4 Å². The molecule has 1 atom stereocenters. The van der Waals surface area contributed by atoms with Crippen molar-refractivity contribution in [2.45, 2.75) is 84.7 Å². The smallest absolute Gasteiger partial charge is 0.0725 e. The molecule has 4 rings (SSSR count). The highest BCUT2D eigenvalue weighted by atomic mass is 15.2. The molecule has 1 aromatic carbocycles. The van der Waals surface area contributed by atoms with E-state index in [1.165, 1.54) is 48.8 Å². The van der Waals surface area contributed by atoms with Gasteiger partial charge in [0, 0.05) is 43.2 Å². The highest BCUT2D eigenvalue weighted by molar-refractivity contribution is 6.02. The van der Waals surface area contributed by atoms with E-state index in [-0.39, 0.29) is 0 Å². The summed E-state index contributed by atoms with van der Waals surface area (Å²) in [5.41, 5.74) is 7.51. The van der Waals surface area contributed by atoms with Crippen LogP contribution in [0.25, 0.3) is 5.70 Å². The minimum atomic E-state index is 0.568. The Morgan fingerprint density at radius 2 is 1.92 bits per heavy atom. The van der Waals surface area contributed by atoms with Crippen LogP contribution >= 0.6 is 0 Å². The van der Waals surface area contributed by atoms with Gasteiger partial charge in [0.2, 0.25) is 0 Å². The molecule has 36 heavy (non-hydrogen) atoms. The van der Waals surface area contributed by atoms with Crippen molar-refractivity contribution >= 4 is 17.6 Å². The molecular weight excluding hydrogens is 438 g/mol. The van der Waals surface area contributed by atoms with Crippen LogP contribution in [0, 0.1) is 25.2 Å². The molecule has 1 spiro atoms. The molecule has 1 heterocycles. The lowest BCUT2D eigenvalue weighted by molar-refractivity contribution is 0.0304. The molecule has 0 radical (unpaired) electrons. The molecule has 1 unspecified atom stereocenters. The maximum absolute atomic E-state index is 4.98. The average molecular weight is 484 g/mol. The fraction of sp³-hybridized carbons (Fsp3) is 0.515. The number of hydrogen-bond donors (Lipinski definition) is 0. The second-order valence-electron chi connectivity index (χ2n) is 11.6. The van der Waals surface area contributed by atoms with Gasteiger partial charge in [-0.1, -0.05) is 62.9 Å². The van der Waals surface area contributed by atoms with Crippen molar-refractivity contribution in [3.05, 3.63) is 77.4 Å². The van der Waals surface area contributed by atoms with Crippen LogP contribution in [0.1, 0.15) is 75.5 Å². The fourth-order valence-corrected chi connectivity index (χ4v) is 6.10. The van der Waals surface area contributed by atoms with Crippen molar-refractivity contribution in [3.63, 3.8) is 0 Å². The lowest BCUT2D eigenvalue weighted by Gasteiger charge is -2.47. The van der Waals surface area contributed by atoms with Gasteiger partial charge in [-0.05, 0) is 92.9 Å². The summed E-state index contributed by atoms with van der Waals surface area (Å²) in [5.74, 6) is 0.676. The molecule has 3 nitrogen and oxygen atoms in total. The maximum atomic E-state index is 4.98. The Bertz CT molecular complexity index is 1070. The van der Waals surface area contributed by atoms with Gasteiger partial charge in [-0.2, -0.15) is 0 Å². The first kappa shape index (κ1) is 26.5. The van der Waals surface area contributed by atoms with Gasteiger partial charge in [-0.25, -0.2) is 0 Å². The normalized spacial score (nSPS) is 26.7. The summed E-state index contributed by atoms with van der Waals surface area (Å²) in [7, 11) is 1.93. The van der Waals surface area contributed by atoms with Crippen LogP contribution in [0.3, 0.4) is 0 Å². The molecule has 3 aliphatic rings. The van der Waals surface area contributed by atoms with Crippen LogP contribution in [-0.2, 0) is 0 Å². The summed E-state index contributed by atoms with van der Waals surface area (Å²) < 4.78 is 0. The van der Waals surface area contributed by atoms with E-state index in [1.54, 1.807) is 0 Å². The summed E-state index contributed by atoms with van der Waals surface area (Å²) >= 11 is 0. The molecule has 192 valence electrons. The summed E-state index contributed by atoms with van der Waals surface area (Å²) in [5, 5.41) is 0. The van der Waals surface area contributed by atoms with Crippen molar-refractivity contribution in [2.75, 3.05) is 13.6 Å². The van der Waals surface area contributed by atoms with Crippen LogP contribution in [0.4, 0.5) is 0 Å². The predicted octanol–water partition coefficient (Wildman–Crippen LogP) is 7.91. The highest BCUT2D eigenvalue weighted by Gasteiger charge is 2.54. The Morgan fingerprint density at radius 3 is 2.53 bits per heavy atom.